The van der Waals surface area contributed by atoms with E-state index in [1.54, 1.807) is 50.2 Å². The molecule has 2 heterocycles. The standard InChI is InChI=1S/C29H31FN4O3/c1-5-14-34(15-6-2)17-24(35)19-10-12-20(13-11-19)25-16-23-28(37-25)27(32-18-31-23)21-8-7-9-22(26(21)30)29(3,4)33-36/h7-13,16,18H,5-6,14-15,17H2,1-4H3. The average molecular weight is 503 g/mol. The first-order chi connectivity index (χ1) is 17.8. The van der Waals surface area contributed by atoms with E-state index in [-0.39, 0.29) is 22.6 Å². The molecule has 2 aromatic heterocycles. The van der Waals surface area contributed by atoms with Gasteiger partial charge in [-0.1, -0.05) is 55.4 Å². The Hall–Kier alpha value is -3.78. The molecule has 2 aromatic carbocycles. The van der Waals surface area contributed by atoms with Crippen molar-refractivity contribution in [3.05, 3.63) is 76.7 Å². The number of hydrogen-bond donors (Lipinski definition) is 0. The molecule has 0 aliphatic rings. The minimum atomic E-state index is -1.23. The Kier molecular flexibility index (Phi) is 7.88. The Labute approximate surface area is 215 Å². The maximum atomic E-state index is 15.5. The number of carbonyl (C=O) groups is 1. The fraction of sp³-hybridized carbons (Fsp3) is 0.345. The lowest BCUT2D eigenvalue weighted by atomic mass is 9.92. The molecule has 0 spiro atoms. The van der Waals surface area contributed by atoms with E-state index in [1.165, 1.54) is 6.33 Å². The van der Waals surface area contributed by atoms with Crippen molar-refractivity contribution in [2.24, 2.45) is 5.18 Å². The summed E-state index contributed by atoms with van der Waals surface area (Å²) in [5.41, 5.74) is 1.69. The van der Waals surface area contributed by atoms with E-state index < -0.39 is 11.4 Å². The minimum Gasteiger partial charge on any atom is -0.452 e. The molecule has 0 amide bonds. The van der Waals surface area contributed by atoms with Crippen LogP contribution in [0.25, 0.3) is 33.7 Å². The van der Waals surface area contributed by atoms with Crippen LogP contribution in [-0.2, 0) is 5.54 Å². The smallest absolute Gasteiger partial charge is 0.179 e. The van der Waals surface area contributed by atoms with Gasteiger partial charge in [-0.3, -0.25) is 9.69 Å². The van der Waals surface area contributed by atoms with E-state index in [1.807, 2.05) is 12.1 Å². The van der Waals surface area contributed by atoms with Crippen LogP contribution in [-0.4, -0.2) is 40.3 Å². The number of hydrogen-bond acceptors (Lipinski definition) is 7. The number of carbonyl (C=O) groups excluding carboxylic acids is 1. The summed E-state index contributed by atoms with van der Waals surface area (Å²) in [7, 11) is 0. The quantitative estimate of drug-likeness (QED) is 0.162. The summed E-state index contributed by atoms with van der Waals surface area (Å²) in [5.74, 6) is 0.0307. The maximum Gasteiger partial charge on any atom is 0.179 e. The molecule has 0 unspecified atom stereocenters. The number of halogens is 1. The molecule has 4 aromatic rings. The molecule has 8 heteroatoms. The molecule has 0 saturated carbocycles. The number of rotatable bonds is 11. The number of nitrogens with zero attached hydrogens (tertiary/aromatic N) is 4. The molecule has 0 radical (unpaired) electrons. The second kappa shape index (κ2) is 11.1. The van der Waals surface area contributed by atoms with E-state index in [9.17, 15) is 9.70 Å². The van der Waals surface area contributed by atoms with Gasteiger partial charge in [-0.15, -0.1) is 4.91 Å². The molecule has 37 heavy (non-hydrogen) atoms. The van der Waals surface area contributed by atoms with Crippen molar-refractivity contribution in [1.29, 1.82) is 0 Å². The summed E-state index contributed by atoms with van der Waals surface area (Å²) in [4.78, 5) is 34.8. The Morgan fingerprint density at radius 3 is 2.41 bits per heavy atom. The molecule has 7 nitrogen and oxygen atoms in total. The van der Waals surface area contributed by atoms with E-state index >= 15 is 4.39 Å². The lowest BCUT2D eigenvalue weighted by Crippen LogP contribution is -2.31. The lowest BCUT2D eigenvalue weighted by molar-refractivity contribution is 0.0930. The fourth-order valence-corrected chi connectivity index (χ4v) is 4.44. The summed E-state index contributed by atoms with van der Waals surface area (Å²) in [6.45, 7) is 9.52. The second-order valence-corrected chi connectivity index (χ2v) is 9.64. The lowest BCUT2D eigenvalue weighted by Gasteiger charge is -2.19. The maximum absolute atomic E-state index is 15.5. The van der Waals surface area contributed by atoms with Crippen LogP contribution in [0.4, 0.5) is 4.39 Å². The van der Waals surface area contributed by atoms with Gasteiger partial charge in [0, 0.05) is 28.3 Å². The number of furan rings is 1. The topological polar surface area (TPSA) is 88.7 Å². The predicted molar refractivity (Wildman–Crippen MR) is 143 cm³/mol. The molecule has 0 bridgehead atoms. The van der Waals surface area contributed by atoms with Gasteiger partial charge < -0.3 is 4.42 Å². The zero-order valence-electron chi connectivity index (χ0n) is 21.6. The van der Waals surface area contributed by atoms with Crippen LogP contribution in [0.5, 0.6) is 0 Å². The second-order valence-electron chi connectivity index (χ2n) is 9.64. The Balaban J connectivity index is 1.65. The van der Waals surface area contributed by atoms with Gasteiger partial charge in [0.2, 0.25) is 0 Å². The van der Waals surface area contributed by atoms with Crippen LogP contribution in [0.1, 0.15) is 56.5 Å². The van der Waals surface area contributed by atoms with Gasteiger partial charge in [0.05, 0.1) is 6.54 Å². The third-order valence-electron chi connectivity index (χ3n) is 6.39. The van der Waals surface area contributed by atoms with Crippen molar-refractivity contribution in [1.82, 2.24) is 14.9 Å². The predicted octanol–water partition coefficient (Wildman–Crippen LogP) is 7.00. The average Bonchev–Trinajstić information content (AvgIpc) is 3.34. The normalized spacial score (nSPS) is 11.8. The van der Waals surface area contributed by atoms with E-state index in [0.717, 1.165) is 31.5 Å². The van der Waals surface area contributed by atoms with Gasteiger partial charge in [-0.2, -0.15) is 0 Å². The van der Waals surface area contributed by atoms with Gasteiger partial charge in [0.15, 0.2) is 11.4 Å². The Bertz CT molecular complexity index is 1410. The zero-order valence-corrected chi connectivity index (χ0v) is 21.6. The first kappa shape index (κ1) is 26.3. The van der Waals surface area contributed by atoms with E-state index in [2.05, 4.69) is 33.9 Å². The first-order valence-corrected chi connectivity index (χ1v) is 12.5. The van der Waals surface area contributed by atoms with Gasteiger partial charge in [-0.05, 0) is 45.8 Å². The van der Waals surface area contributed by atoms with E-state index in [4.69, 9.17) is 4.42 Å². The van der Waals surface area contributed by atoms with Crippen LogP contribution in [0, 0.1) is 10.7 Å². The molecular formula is C29H31FN4O3. The van der Waals surface area contributed by atoms with Gasteiger partial charge in [-0.25, -0.2) is 14.4 Å². The van der Waals surface area contributed by atoms with Crippen molar-refractivity contribution >= 4 is 16.9 Å². The van der Waals surface area contributed by atoms with Gasteiger partial charge in [0.25, 0.3) is 0 Å². The fourth-order valence-electron chi connectivity index (χ4n) is 4.44. The van der Waals surface area contributed by atoms with Crippen LogP contribution in [0.3, 0.4) is 0 Å². The Morgan fingerprint density at radius 2 is 1.76 bits per heavy atom. The minimum absolute atomic E-state index is 0.0781. The van der Waals surface area contributed by atoms with Crippen molar-refractivity contribution in [3.63, 3.8) is 0 Å². The van der Waals surface area contributed by atoms with Crippen molar-refractivity contribution < 1.29 is 13.6 Å². The zero-order chi connectivity index (χ0) is 26.6. The molecule has 4 rings (SSSR count). The summed E-state index contributed by atoms with van der Waals surface area (Å²) < 4.78 is 21.6. The van der Waals surface area contributed by atoms with E-state index in [0.29, 0.717) is 29.0 Å². The highest BCUT2D eigenvalue weighted by atomic mass is 19.1. The number of ketones is 1. The Morgan fingerprint density at radius 1 is 1.05 bits per heavy atom. The molecule has 192 valence electrons. The van der Waals surface area contributed by atoms with Crippen molar-refractivity contribution in [2.75, 3.05) is 19.6 Å². The molecule has 0 fully saturated rings. The highest BCUT2D eigenvalue weighted by molar-refractivity contribution is 5.98. The molecule has 0 N–H and O–H groups in total. The molecule has 0 aliphatic heterocycles. The van der Waals surface area contributed by atoms with Crippen LogP contribution in [0.2, 0.25) is 0 Å². The number of benzene rings is 2. The van der Waals surface area contributed by atoms with Crippen molar-refractivity contribution in [2.45, 2.75) is 46.1 Å². The number of nitroso groups, excluding NO2 is 1. The SMILES string of the molecule is CCCN(CCC)CC(=O)c1ccc(-c2cc3ncnc(-c4cccc(C(C)(C)N=O)c4F)c3o2)cc1. The highest BCUT2D eigenvalue weighted by Gasteiger charge is 2.28. The first-order valence-electron chi connectivity index (χ1n) is 12.5. The van der Waals surface area contributed by atoms with Crippen LogP contribution in [0.15, 0.2) is 64.5 Å². The monoisotopic (exact) mass is 502 g/mol. The number of Topliss-reactive ketones (excluding diaryl/α,β-unsaturated/α-hetero) is 1. The third-order valence-corrected chi connectivity index (χ3v) is 6.39. The van der Waals surface area contributed by atoms with Crippen LogP contribution < -0.4 is 0 Å². The van der Waals surface area contributed by atoms with Crippen molar-refractivity contribution in [3.8, 4) is 22.6 Å². The van der Waals surface area contributed by atoms with Gasteiger partial charge in [0.1, 0.15) is 34.7 Å². The highest BCUT2D eigenvalue weighted by Crippen LogP contribution is 2.36. The third kappa shape index (κ3) is 5.49. The van der Waals surface area contributed by atoms with Crippen LogP contribution >= 0.6 is 0 Å². The molecule has 0 saturated heterocycles. The summed E-state index contributed by atoms with van der Waals surface area (Å²) in [6, 6.07) is 13.8. The molecule has 0 aliphatic carbocycles. The summed E-state index contributed by atoms with van der Waals surface area (Å²) in [6.07, 6.45) is 3.36. The summed E-state index contributed by atoms with van der Waals surface area (Å²) in [5, 5.41) is 3.07. The number of fused-ring (bicyclic) bond motifs is 1. The summed E-state index contributed by atoms with van der Waals surface area (Å²) >= 11 is 0. The number of aromatic nitrogens is 2. The largest absolute Gasteiger partial charge is 0.452 e. The molecular weight excluding hydrogens is 471 g/mol. The van der Waals surface area contributed by atoms with Gasteiger partial charge >= 0.3 is 0 Å². The molecule has 0 atom stereocenters.